The fraction of sp³-hybridized carbons (Fsp3) is 0.273. The average Bonchev–Trinajstić information content (AvgIpc) is 2.27. The number of likely N-dealkylation sites (N-methyl/N-ethyl adjacent to an activating group) is 1. The molecule has 0 atom stereocenters. The number of nitrogens with two attached hydrogens (primary N) is 1. The molecule has 1 rings (SSSR count). The molecule has 5 nitrogen and oxygen atoms in total. The lowest BCUT2D eigenvalue weighted by Crippen LogP contribution is -2.35. The molecule has 0 aliphatic carbocycles. The Morgan fingerprint density at radius 3 is 2.31 bits per heavy atom. The molecule has 2 N–H and O–H groups in total. The molecule has 0 spiro atoms. The van der Waals surface area contributed by atoms with E-state index in [1.807, 2.05) is 0 Å². The van der Waals surface area contributed by atoms with Gasteiger partial charge < -0.3 is 15.4 Å². The van der Waals surface area contributed by atoms with E-state index in [1.54, 1.807) is 31.4 Å². The third-order valence-electron chi connectivity index (χ3n) is 2.08. The zero-order valence-corrected chi connectivity index (χ0v) is 9.27. The number of hydrogen-bond acceptors (Lipinski definition) is 3. The predicted molar refractivity (Wildman–Crippen MR) is 59.1 cm³/mol. The van der Waals surface area contributed by atoms with Crippen molar-refractivity contribution in [1.29, 1.82) is 0 Å². The van der Waals surface area contributed by atoms with Gasteiger partial charge in [-0.15, -0.1) is 0 Å². The van der Waals surface area contributed by atoms with Gasteiger partial charge >= 0.3 is 0 Å². The zero-order valence-electron chi connectivity index (χ0n) is 9.27. The number of carbonyl (C=O) groups excluding carboxylic acids is 2. The molecule has 0 bridgehead atoms. The highest BCUT2D eigenvalue weighted by atomic mass is 16.5. The first-order chi connectivity index (χ1) is 7.54. The van der Waals surface area contributed by atoms with Crippen LogP contribution in [0.4, 0.5) is 0 Å². The molecule has 5 heteroatoms. The summed E-state index contributed by atoms with van der Waals surface area (Å²) in [6.07, 6.45) is 0. The van der Waals surface area contributed by atoms with Gasteiger partial charge in [0.15, 0.2) is 0 Å². The fourth-order valence-electron chi connectivity index (χ4n) is 1.26. The van der Waals surface area contributed by atoms with Crippen LogP contribution in [-0.4, -0.2) is 37.4 Å². The van der Waals surface area contributed by atoms with E-state index < -0.39 is 5.91 Å². The molecule has 0 saturated heterocycles. The minimum Gasteiger partial charge on any atom is -0.497 e. The minimum absolute atomic E-state index is 0.0924. The summed E-state index contributed by atoms with van der Waals surface area (Å²) in [5.41, 5.74) is 5.49. The quantitative estimate of drug-likeness (QED) is 0.793. The highest BCUT2D eigenvalue weighted by molar-refractivity contribution is 5.96. The first-order valence-electron chi connectivity index (χ1n) is 4.72. The standard InChI is InChI=1S/C11H14N2O3/c1-13(7-10(12)14)11(15)8-3-5-9(16-2)6-4-8/h3-6H,7H2,1-2H3,(H2,12,14). The van der Waals surface area contributed by atoms with E-state index in [9.17, 15) is 9.59 Å². The third-order valence-corrected chi connectivity index (χ3v) is 2.08. The van der Waals surface area contributed by atoms with E-state index >= 15 is 0 Å². The second kappa shape index (κ2) is 5.16. The maximum atomic E-state index is 11.8. The SMILES string of the molecule is COc1ccc(C(=O)N(C)CC(N)=O)cc1. The Morgan fingerprint density at radius 2 is 1.88 bits per heavy atom. The maximum Gasteiger partial charge on any atom is 0.254 e. The summed E-state index contributed by atoms with van der Waals surface area (Å²) >= 11 is 0. The topological polar surface area (TPSA) is 72.6 Å². The average molecular weight is 222 g/mol. The number of carbonyl (C=O) groups is 2. The summed E-state index contributed by atoms with van der Waals surface area (Å²) < 4.78 is 4.97. The van der Waals surface area contributed by atoms with Gasteiger partial charge in [0.1, 0.15) is 5.75 Å². The Hall–Kier alpha value is -2.04. The van der Waals surface area contributed by atoms with Crippen molar-refractivity contribution in [1.82, 2.24) is 4.90 Å². The van der Waals surface area contributed by atoms with Gasteiger partial charge in [0.05, 0.1) is 13.7 Å². The van der Waals surface area contributed by atoms with Crippen LogP contribution >= 0.6 is 0 Å². The number of nitrogens with zero attached hydrogens (tertiary/aromatic N) is 1. The zero-order chi connectivity index (χ0) is 12.1. The monoisotopic (exact) mass is 222 g/mol. The Kier molecular flexibility index (Phi) is 3.88. The fourth-order valence-corrected chi connectivity index (χ4v) is 1.26. The first kappa shape index (κ1) is 12.0. The van der Waals surface area contributed by atoms with E-state index in [1.165, 1.54) is 11.9 Å². The highest BCUT2D eigenvalue weighted by Gasteiger charge is 2.13. The van der Waals surface area contributed by atoms with Crippen molar-refractivity contribution < 1.29 is 14.3 Å². The van der Waals surface area contributed by atoms with Crippen LogP contribution in [0.25, 0.3) is 0 Å². The van der Waals surface area contributed by atoms with Gasteiger partial charge in [0, 0.05) is 12.6 Å². The molecule has 1 aromatic carbocycles. The van der Waals surface area contributed by atoms with Crippen molar-refractivity contribution in [2.24, 2.45) is 5.73 Å². The first-order valence-corrected chi connectivity index (χ1v) is 4.72. The summed E-state index contributed by atoms with van der Waals surface area (Å²) in [6.45, 7) is -0.0924. The van der Waals surface area contributed by atoms with Crippen molar-refractivity contribution >= 4 is 11.8 Å². The molecular formula is C11H14N2O3. The van der Waals surface area contributed by atoms with Gasteiger partial charge in [-0.2, -0.15) is 0 Å². The van der Waals surface area contributed by atoms with Crippen LogP contribution in [0.15, 0.2) is 24.3 Å². The molecule has 1 aromatic rings. The second-order valence-corrected chi connectivity index (χ2v) is 3.36. The lowest BCUT2D eigenvalue weighted by atomic mass is 10.2. The molecule has 0 saturated carbocycles. The molecule has 0 aromatic heterocycles. The van der Waals surface area contributed by atoms with Crippen LogP contribution < -0.4 is 10.5 Å². The Bertz CT molecular complexity index is 387. The van der Waals surface area contributed by atoms with Crippen molar-refractivity contribution in [2.45, 2.75) is 0 Å². The molecule has 0 fully saturated rings. The van der Waals surface area contributed by atoms with Crippen LogP contribution in [0, 0.1) is 0 Å². The normalized spacial score (nSPS) is 9.62. The number of benzene rings is 1. The summed E-state index contributed by atoms with van der Waals surface area (Å²) in [4.78, 5) is 23.7. The maximum absolute atomic E-state index is 11.8. The number of methoxy groups -OCH3 is 1. The van der Waals surface area contributed by atoms with Gasteiger partial charge in [-0.1, -0.05) is 0 Å². The van der Waals surface area contributed by atoms with E-state index in [0.29, 0.717) is 11.3 Å². The van der Waals surface area contributed by atoms with Crippen molar-refractivity contribution in [2.75, 3.05) is 20.7 Å². The van der Waals surface area contributed by atoms with Crippen molar-refractivity contribution in [3.63, 3.8) is 0 Å². The Labute approximate surface area is 93.8 Å². The largest absolute Gasteiger partial charge is 0.497 e. The third kappa shape index (κ3) is 2.98. The van der Waals surface area contributed by atoms with Gasteiger partial charge in [-0.3, -0.25) is 9.59 Å². The number of rotatable bonds is 4. The van der Waals surface area contributed by atoms with Gasteiger partial charge in [-0.25, -0.2) is 0 Å². The minimum atomic E-state index is -0.538. The van der Waals surface area contributed by atoms with Crippen LogP contribution in [-0.2, 0) is 4.79 Å². The summed E-state index contributed by atoms with van der Waals surface area (Å²) in [5.74, 6) is -0.111. The molecule has 16 heavy (non-hydrogen) atoms. The number of primary amides is 1. The van der Waals surface area contributed by atoms with Gasteiger partial charge in [-0.05, 0) is 24.3 Å². The Balaban J connectivity index is 2.75. The van der Waals surface area contributed by atoms with Gasteiger partial charge in [0.25, 0.3) is 5.91 Å². The lowest BCUT2D eigenvalue weighted by Gasteiger charge is -2.15. The molecule has 0 aliphatic heterocycles. The van der Waals surface area contributed by atoms with Crippen LogP contribution in [0.2, 0.25) is 0 Å². The molecule has 0 aliphatic rings. The smallest absolute Gasteiger partial charge is 0.254 e. The van der Waals surface area contributed by atoms with Crippen molar-refractivity contribution in [3.8, 4) is 5.75 Å². The van der Waals surface area contributed by atoms with E-state index in [0.717, 1.165) is 0 Å². The van der Waals surface area contributed by atoms with Crippen molar-refractivity contribution in [3.05, 3.63) is 29.8 Å². The van der Waals surface area contributed by atoms with E-state index in [-0.39, 0.29) is 12.5 Å². The molecular weight excluding hydrogens is 208 g/mol. The summed E-state index contributed by atoms with van der Waals surface area (Å²) in [7, 11) is 3.08. The molecule has 2 amide bonds. The van der Waals surface area contributed by atoms with E-state index in [2.05, 4.69) is 0 Å². The highest BCUT2D eigenvalue weighted by Crippen LogP contribution is 2.12. The van der Waals surface area contributed by atoms with Crippen LogP contribution in [0.5, 0.6) is 5.75 Å². The second-order valence-electron chi connectivity index (χ2n) is 3.36. The van der Waals surface area contributed by atoms with E-state index in [4.69, 9.17) is 10.5 Å². The van der Waals surface area contributed by atoms with Crippen LogP contribution in [0.1, 0.15) is 10.4 Å². The predicted octanol–water partition coefficient (Wildman–Crippen LogP) is 0.252. The Morgan fingerprint density at radius 1 is 1.31 bits per heavy atom. The number of hydrogen-bond donors (Lipinski definition) is 1. The number of amides is 2. The molecule has 86 valence electrons. The number of ether oxygens (including phenoxy) is 1. The molecule has 0 heterocycles. The summed E-state index contributed by atoms with van der Waals surface area (Å²) in [5, 5.41) is 0. The van der Waals surface area contributed by atoms with Gasteiger partial charge in [0.2, 0.25) is 5.91 Å². The molecule has 0 radical (unpaired) electrons. The summed E-state index contributed by atoms with van der Waals surface area (Å²) in [6, 6.07) is 6.65. The lowest BCUT2D eigenvalue weighted by molar-refractivity contribution is -0.118. The van der Waals surface area contributed by atoms with Crippen LogP contribution in [0.3, 0.4) is 0 Å². The molecule has 0 unspecified atom stereocenters.